The molecule has 1 fully saturated rings. The normalized spacial score (nSPS) is 19.3. The van der Waals surface area contributed by atoms with Crippen LogP contribution in [0.3, 0.4) is 0 Å². The Morgan fingerprint density at radius 3 is 2.44 bits per heavy atom. The second-order valence-electron chi connectivity index (χ2n) is 9.15. The van der Waals surface area contributed by atoms with E-state index in [1.165, 1.54) is 0 Å². The molecule has 11 nitrogen and oxygen atoms in total. The second kappa shape index (κ2) is 10.3. The molecule has 0 spiro atoms. The van der Waals surface area contributed by atoms with Crippen LogP contribution >= 0.6 is 0 Å². The number of nitrogens with two attached hydrogens (primary N) is 1. The lowest BCUT2D eigenvalue weighted by molar-refractivity contribution is -0.256. The van der Waals surface area contributed by atoms with E-state index in [9.17, 15) is 45.4 Å². The molecule has 0 saturated carbocycles. The lowest BCUT2D eigenvalue weighted by Crippen LogP contribution is -2.57. The average Bonchev–Trinajstić information content (AvgIpc) is 3.48. The van der Waals surface area contributed by atoms with Crippen molar-refractivity contribution in [3.8, 4) is 17.1 Å². The molecular formula is C23H22F7N7O4. The first kappa shape index (κ1) is 29.8. The third-order valence-corrected chi connectivity index (χ3v) is 6.66. The Balaban J connectivity index is 1.65. The van der Waals surface area contributed by atoms with Crippen molar-refractivity contribution in [1.82, 2.24) is 29.8 Å². The third kappa shape index (κ3) is 5.18. The molecule has 4 heterocycles. The Morgan fingerprint density at radius 2 is 1.85 bits per heavy atom. The Hall–Kier alpha value is -4.22. The number of nitrogen functional groups attached to an aromatic ring is 1. The number of nitrogens with zero attached hydrogens (tertiary/aromatic N) is 5. The summed E-state index contributed by atoms with van der Waals surface area (Å²) in [5, 5.41) is 16.0. The van der Waals surface area contributed by atoms with Crippen LogP contribution in [-0.2, 0) is 11.0 Å². The minimum atomic E-state index is -5.32. The van der Waals surface area contributed by atoms with Gasteiger partial charge in [0.2, 0.25) is 11.5 Å². The van der Waals surface area contributed by atoms with Gasteiger partial charge in [-0.3, -0.25) is 9.59 Å². The van der Waals surface area contributed by atoms with Gasteiger partial charge in [-0.1, -0.05) is 6.92 Å². The van der Waals surface area contributed by atoms with Crippen molar-refractivity contribution in [3.05, 3.63) is 35.8 Å². The van der Waals surface area contributed by atoms with Crippen LogP contribution in [-0.4, -0.2) is 85.6 Å². The van der Waals surface area contributed by atoms with E-state index in [-0.39, 0.29) is 22.7 Å². The van der Waals surface area contributed by atoms with E-state index in [0.29, 0.717) is 4.90 Å². The third-order valence-electron chi connectivity index (χ3n) is 6.66. The smallest absolute Gasteiger partial charge is 0.426 e. The summed E-state index contributed by atoms with van der Waals surface area (Å²) in [6, 6.07) is 0.318. The molecule has 18 heteroatoms. The highest BCUT2D eigenvalue weighted by molar-refractivity contribution is 5.98. The van der Waals surface area contributed by atoms with Crippen molar-refractivity contribution in [2.24, 2.45) is 0 Å². The molecule has 41 heavy (non-hydrogen) atoms. The van der Waals surface area contributed by atoms with Gasteiger partial charge in [-0.15, -0.1) is 0 Å². The number of nitrogens with one attached hydrogen (secondary N) is 1. The fourth-order valence-corrected chi connectivity index (χ4v) is 4.45. The van der Waals surface area contributed by atoms with Gasteiger partial charge in [0.25, 0.3) is 11.8 Å². The minimum Gasteiger partial charge on any atom is -0.480 e. The number of amides is 2. The molecule has 3 aromatic rings. The topological polar surface area (TPSA) is 148 Å². The number of pyridine rings is 1. The molecule has 4 N–H and O–H groups in total. The number of methoxy groups -OCH3 is 1. The highest BCUT2D eigenvalue weighted by atomic mass is 19.4. The Labute approximate surface area is 226 Å². The standard InChI is InChI=1S/C23H22F7N7O4/c1-3-21(40,23(28,29)30)20(39)36-7-13(24)14(8-36)35-18(38)11-4-10(6-32-19(11)41-2)15-5-12(22(25,26)27)16-17(31)33-9-34-37(15)16/h4-6,9,13-14,40H,3,7-8H2,1-2H3,(H,35,38)(H2,31,33,34)/t13-,14+,21?/m0/s1. The molecule has 1 aliphatic heterocycles. The SMILES string of the molecule is CCC(O)(C(=O)N1C[C@H](F)[C@H](NC(=O)c2cc(-c3cc(C(F)(F)F)c4c(N)ncnn34)cnc2OC)C1)C(F)(F)F. The molecule has 3 atom stereocenters. The lowest BCUT2D eigenvalue weighted by Gasteiger charge is -2.31. The van der Waals surface area contributed by atoms with Crippen molar-refractivity contribution >= 4 is 23.1 Å². The van der Waals surface area contributed by atoms with Crippen molar-refractivity contribution < 1.29 is 50.2 Å². The zero-order chi connectivity index (χ0) is 30.5. The summed E-state index contributed by atoms with van der Waals surface area (Å²) in [6.45, 7) is -0.602. The van der Waals surface area contributed by atoms with Gasteiger partial charge < -0.3 is 25.8 Å². The Bertz CT molecular complexity index is 1490. The molecule has 0 radical (unpaired) electrons. The molecule has 0 bridgehead atoms. The number of aromatic nitrogens is 4. The predicted molar refractivity (Wildman–Crippen MR) is 126 cm³/mol. The van der Waals surface area contributed by atoms with Crippen molar-refractivity contribution in [1.29, 1.82) is 0 Å². The van der Waals surface area contributed by atoms with E-state index < -0.39 is 78.4 Å². The fraction of sp³-hybridized carbons (Fsp3) is 0.435. The van der Waals surface area contributed by atoms with E-state index in [1.54, 1.807) is 0 Å². The number of halogens is 7. The number of hydrogen-bond donors (Lipinski definition) is 3. The van der Waals surface area contributed by atoms with Crippen LogP contribution < -0.4 is 15.8 Å². The molecule has 222 valence electrons. The quantitative estimate of drug-likeness (QED) is 0.369. The maximum Gasteiger partial charge on any atom is 0.426 e. The molecule has 1 aliphatic rings. The number of hydrogen-bond acceptors (Lipinski definition) is 8. The van der Waals surface area contributed by atoms with Crippen molar-refractivity contribution in [2.75, 3.05) is 25.9 Å². The van der Waals surface area contributed by atoms with Crippen LogP contribution in [0.1, 0.15) is 29.3 Å². The minimum absolute atomic E-state index is 0.0576. The van der Waals surface area contributed by atoms with Crippen LogP contribution in [0.15, 0.2) is 24.7 Å². The van der Waals surface area contributed by atoms with Crippen LogP contribution in [0.5, 0.6) is 5.88 Å². The molecule has 2 amide bonds. The number of fused-ring (bicyclic) bond motifs is 1. The first-order valence-electron chi connectivity index (χ1n) is 11.8. The number of anilines is 1. The molecule has 1 unspecified atom stereocenters. The number of likely N-dealkylation sites (tertiary alicyclic amines) is 1. The van der Waals surface area contributed by atoms with Crippen LogP contribution in [0.4, 0.5) is 36.6 Å². The highest BCUT2D eigenvalue weighted by Crippen LogP contribution is 2.39. The fourth-order valence-electron chi connectivity index (χ4n) is 4.45. The summed E-state index contributed by atoms with van der Waals surface area (Å²) in [5.41, 5.74) is -0.398. The summed E-state index contributed by atoms with van der Waals surface area (Å²) in [5.74, 6) is -3.59. The van der Waals surface area contributed by atoms with Crippen LogP contribution in [0.25, 0.3) is 16.8 Å². The van der Waals surface area contributed by atoms with Gasteiger partial charge in [0, 0.05) is 18.3 Å². The van der Waals surface area contributed by atoms with E-state index >= 15 is 0 Å². The van der Waals surface area contributed by atoms with Gasteiger partial charge in [-0.25, -0.2) is 18.9 Å². The molecule has 0 aromatic carbocycles. The predicted octanol–water partition coefficient (Wildman–Crippen LogP) is 2.38. The number of ether oxygens (including phenoxy) is 1. The number of alkyl halides is 7. The molecule has 3 aromatic heterocycles. The zero-order valence-electron chi connectivity index (χ0n) is 21.2. The average molecular weight is 593 g/mol. The maximum atomic E-state index is 14.8. The van der Waals surface area contributed by atoms with Crippen LogP contribution in [0, 0.1) is 0 Å². The first-order chi connectivity index (χ1) is 19.0. The summed E-state index contributed by atoms with van der Waals surface area (Å²) < 4.78 is 102. The maximum absolute atomic E-state index is 14.8. The number of carbonyl (C=O) groups excluding carboxylic acids is 2. The van der Waals surface area contributed by atoms with E-state index in [2.05, 4.69) is 20.4 Å². The summed E-state index contributed by atoms with van der Waals surface area (Å²) in [6.07, 6.45) is -11.2. The Kier molecular flexibility index (Phi) is 7.49. The summed E-state index contributed by atoms with van der Waals surface area (Å²) in [4.78, 5) is 33.5. The zero-order valence-corrected chi connectivity index (χ0v) is 21.2. The van der Waals surface area contributed by atoms with E-state index in [0.717, 1.165) is 43.2 Å². The molecule has 0 aliphatic carbocycles. The summed E-state index contributed by atoms with van der Waals surface area (Å²) >= 11 is 0. The number of rotatable bonds is 6. The van der Waals surface area contributed by atoms with Gasteiger partial charge in [0.15, 0.2) is 5.82 Å². The van der Waals surface area contributed by atoms with E-state index in [1.807, 2.05) is 0 Å². The largest absolute Gasteiger partial charge is 0.480 e. The van der Waals surface area contributed by atoms with Crippen LogP contribution in [0.2, 0.25) is 0 Å². The van der Waals surface area contributed by atoms with Gasteiger partial charge >= 0.3 is 12.4 Å². The van der Waals surface area contributed by atoms with Gasteiger partial charge in [0.05, 0.1) is 31.0 Å². The Morgan fingerprint density at radius 1 is 1.17 bits per heavy atom. The second-order valence-corrected chi connectivity index (χ2v) is 9.15. The molecule has 4 rings (SSSR count). The highest BCUT2D eigenvalue weighted by Gasteiger charge is 2.60. The van der Waals surface area contributed by atoms with Gasteiger partial charge in [0.1, 0.15) is 23.6 Å². The van der Waals surface area contributed by atoms with Crippen molar-refractivity contribution in [2.45, 2.75) is 43.5 Å². The monoisotopic (exact) mass is 593 g/mol. The number of aliphatic hydroxyl groups is 1. The number of carbonyl (C=O) groups is 2. The summed E-state index contributed by atoms with van der Waals surface area (Å²) in [7, 11) is 1.14. The molecular weight excluding hydrogens is 571 g/mol. The lowest BCUT2D eigenvalue weighted by atomic mass is 9.98. The molecule has 1 saturated heterocycles. The van der Waals surface area contributed by atoms with E-state index in [4.69, 9.17) is 10.5 Å². The van der Waals surface area contributed by atoms with Gasteiger partial charge in [-0.2, -0.15) is 31.4 Å². The first-order valence-corrected chi connectivity index (χ1v) is 11.8. The van der Waals surface area contributed by atoms with Gasteiger partial charge in [-0.05, 0) is 18.6 Å². The van der Waals surface area contributed by atoms with Crippen molar-refractivity contribution in [3.63, 3.8) is 0 Å².